The lowest BCUT2D eigenvalue weighted by atomic mass is 9.89. The molecule has 2 N–H and O–H groups in total. The highest BCUT2D eigenvalue weighted by Gasteiger charge is 2.47. The highest BCUT2D eigenvalue weighted by Crippen LogP contribution is 2.35. The van der Waals surface area contributed by atoms with Crippen LogP contribution in [0.1, 0.15) is 9.81 Å². The normalized spacial score (nSPS) is 17.5. The van der Waals surface area contributed by atoms with Gasteiger partial charge in [0.15, 0.2) is 5.82 Å². The molecule has 3 heterocycles. The van der Waals surface area contributed by atoms with E-state index in [0.29, 0.717) is 9.86 Å². The molecule has 1 aliphatic rings. The number of urea groups is 1. The zero-order valence-corrected chi connectivity index (χ0v) is 17.3. The van der Waals surface area contributed by atoms with E-state index in [1.165, 1.54) is 15.6 Å². The van der Waals surface area contributed by atoms with Crippen LogP contribution in [0, 0.1) is 5.82 Å². The van der Waals surface area contributed by atoms with Crippen LogP contribution in [-0.4, -0.2) is 52.3 Å². The molecule has 0 bridgehead atoms. The van der Waals surface area contributed by atoms with Crippen LogP contribution in [0.15, 0.2) is 41.1 Å². The number of carbonyl (C=O) groups is 1. The van der Waals surface area contributed by atoms with Gasteiger partial charge in [0.2, 0.25) is 0 Å². The summed E-state index contributed by atoms with van der Waals surface area (Å²) < 4.78 is 77.4. The summed E-state index contributed by atoms with van der Waals surface area (Å²) in [4.78, 5) is 17.1. The summed E-state index contributed by atoms with van der Waals surface area (Å²) in [7, 11) is 0. The van der Waals surface area contributed by atoms with Gasteiger partial charge in [-0.15, -0.1) is 0 Å². The van der Waals surface area contributed by atoms with Crippen molar-refractivity contribution in [3.8, 4) is 0 Å². The topological polar surface area (TPSA) is 75.1 Å². The van der Waals surface area contributed by atoms with Crippen LogP contribution in [0.4, 0.5) is 28.0 Å². The molecule has 1 aliphatic heterocycles. The van der Waals surface area contributed by atoms with Crippen LogP contribution in [0.25, 0.3) is 10.9 Å². The minimum atomic E-state index is -4.68. The number of alkyl halides is 3. The lowest BCUT2D eigenvalue weighted by Crippen LogP contribution is -2.68. The Hall–Kier alpha value is -2.89. The second-order valence-corrected chi connectivity index (χ2v) is 8.10. The Morgan fingerprint density at radius 3 is 2.77 bits per heavy atom. The number of pyridine rings is 1. The number of anilines is 1. The van der Waals surface area contributed by atoms with Crippen molar-refractivity contribution in [3.63, 3.8) is 0 Å². The molecule has 1 saturated heterocycles. The SMILES string of the molecule is [2H]C([2H])([2H])NC(=O)N1CC(CNc2cc(C(F)(F)F)nc3ccc(Br)cc23)(n2cc(F)cn2)C1. The minimum absolute atomic E-state index is 0.0331. The molecule has 0 radical (unpaired) electrons. The van der Waals surface area contributed by atoms with Crippen molar-refractivity contribution in [2.45, 2.75) is 11.7 Å². The van der Waals surface area contributed by atoms with Gasteiger partial charge in [-0.05, 0) is 24.3 Å². The van der Waals surface area contributed by atoms with Gasteiger partial charge in [0.25, 0.3) is 0 Å². The van der Waals surface area contributed by atoms with Gasteiger partial charge in [0.05, 0.1) is 31.0 Å². The van der Waals surface area contributed by atoms with Crippen LogP contribution in [0.2, 0.25) is 0 Å². The van der Waals surface area contributed by atoms with E-state index < -0.39 is 36.2 Å². The third-order valence-electron chi connectivity index (χ3n) is 5.07. The fourth-order valence-corrected chi connectivity index (χ4v) is 3.90. The summed E-state index contributed by atoms with van der Waals surface area (Å²) in [6.45, 7) is -2.83. The van der Waals surface area contributed by atoms with Gasteiger partial charge in [-0.25, -0.2) is 14.2 Å². The summed E-state index contributed by atoms with van der Waals surface area (Å²) in [5.74, 6) is -0.637. The van der Waals surface area contributed by atoms with Gasteiger partial charge in [-0.3, -0.25) is 4.68 Å². The number of hydrogen-bond acceptors (Lipinski definition) is 4. The number of halogens is 5. The molecule has 3 aromatic rings. The predicted octanol–water partition coefficient (Wildman–Crippen LogP) is 3.81. The molecule has 0 aliphatic carbocycles. The number of benzene rings is 1. The Morgan fingerprint density at radius 1 is 1.35 bits per heavy atom. The Morgan fingerprint density at radius 2 is 2.13 bits per heavy atom. The zero-order chi connectivity index (χ0) is 24.9. The number of amides is 2. The van der Waals surface area contributed by atoms with E-state index in [2.05, 4.69) is 31.3 Å². The van der Waals surface area contributed by atoms with Crippen molar-refractivity contribution in [2.75, 3.05) is 31.9 Å². The van der Waals surface area contributed by atoms with Crippen LogP contribution in [-0.2, 0) is 11.7 Å². The lowest BCUT2D eigenvalue weighted by molar-refractivity contribution is -0.140. The molecule has 1 fully saturated rings. The third kappa shape index (κ3) is 4.03. The van der Waals surface area contributed by atoms with E-state index in [-0.39, 0.29) is 30.8 Å². The van der Waals surface area contributed by atoms with Gasteiger partial charge in [0, 0.05) is 33.2 Å². The number of hydrogen-bond donors (Lipinski definition) is 2. The highest BCUT2D eigenvalue weighted by molar-refractivity contribution is 9.10. The number of carbonyl (C=O) groups excluding carboxylic acids is 1. The molecule has 1 aromatic carbocycles. The summed E-state index contributed by atoms with van der Waals surface area (Å²) in [6.07, 6.45) is -2.61. The first-order valence-electron chi connectivity index (χ1n) is 10.4. The van der Waals surface area contributed by atoms with E-state index in [1.807, 2.05) is 5.32 Å². The number of aromatic nitrogens is 3. The third-order valence-corrected chi connectivity index (χ3v) is 5.56. The zero-order valence-electron chi connectivity index (χ0n) is 18.7. The number of likely N-dealkylation sites (tertiary alicyclic amines) is 1. The molecule has 0 spiro atoms. The van der Waals surface area contributed by atoms with Crippen LogP contribution in [0.3, 0.4) is 0 Å². The number of nitrogens with zero attached hydrogens (tertiary/aromatic N) is 4. The van der Waals surface area contributed by atoms with Crippen molar-refractivity contribution in [1.82, 2.24) is 25.0 Å². The summed E-state index contributed by atoms with van der Waals surface area (Å²) in [5.41, 5.74) is -1.87. The Bertz CT molecular complexity index is 1240. The van der Waals surface area contributed by atoms with E-state index >= 15 is 0 Å². The van der Waals surface area contributed by atoms with Crippen molar-refractivity contribution >= 4 is 38.6 Å². The maximum Gasteiger partial charge on any atom is 0.433 e. The van der Waals surface area contributed by atoms with E-state index in [0.717, 1.165) is 18.5 Å². The Labute approximate surface area is 186 Å². The van der Waals surface area contributed by atoms with Gasteiger partial charge in [-0.2, -0.15) is 18.3 Å². The minimum Gasteiger partial charge on any atom is -0.382 e. The fraction of sp³-hybridized carbons (Fsp3) is 0.316. The fourth-order valence-electron chi connectivity index (χ4n) is 3.53. The highest BCUT2D eigenvalue weighted by atomic mass is 79.9. The van der Waals surface area contributed by atoms with E-state index in [4.69, 9.17) is 4.11 Å². The Balaban J connectivity index is 1.64. The smallest absolute Gasteiger partial charge is 0.382 e. The van der Waals surface area contributed by atoms with Crippen molar-refractivity contribution < 1.29 is 26.5 Å². The number of fused-ring (bicyclic) bond motifs is 1. The molecule has 31 heavy (non-hydrogen) atoms. The standard InChI is InChI=1S/C19H17BrF4N6O/c1-25-17(31)29-9-18(10-29,30-7-12(21)6-27-30)8-26-15-5-16(19(22,23)24)28-14-3-2-11(20)4-13(14)15/h2-7H,8-10H2,1H3,(H,25,31)(H,26,28)/i1D3. The van der Waals surface area contributed by atoms with Crippen LogP contribution >= 0.6 is 15.9 Å². The number of nitrogens with one attached hydrogen (secondary N) is 2. The van der Waals surface area contributed by atoms with Crippen molar-refractivity contribution in [2.24, 2.45) is 0 Å². The predicted molar refractivity (Wildman–Crippen MR) is 109 cm³/mol. The maximum atomic E-state index is 13.7. The second-order valence-electron chi connectivity index (χ2n) is 7.18. The largest absolute Gasteiger partial charge is 0.433 e. The van der Waals surface area contributed by atoms with Crippen molar-refractivity contribution in [3.05, 3.63) is 52.6 Å². The van der Waals surface area contributed by atoms with Crippen molar-refractivity contribution in [1.29, 1.82) is 0 Å². The van der Waals surface area contributed by atoms with E-state index in [1.54, 1.807) is 12.1 Å². The van der Waals surface area contributed by atoms with Crippen LogP contribution < -0.4 is 10.6 Å². The molecule has 12 heteroatoms. The molecule has 164 valence electrons. The molecule has 0 unspecified atom stereocenters. The molecule has 0 atom stereocenters. The van der Waals surface area contributed by atoms with Gasteiger partial charge >= 0.3 is 12.2 Å². The molecule has 4 rings (SSSR count). The van der Waals surface area contributed by atoms with E-state index in [9.17, 15) is 22.4 Å². The Kier molecular flexibility index (Phi) is 4.39. The van der Waals surface area contributed by atoms with Gasteiger partial charge in [-0.1, -0.05) is 15.9 Å². The lowest BCUT2D eigenvalue weighted by Gasteiger charge is -2.49. The summed E-state index contributed by atoms with van der Waals surface area (Å²) in [5, 5.41) is 9.21. The average molecular weight is 504 g/mol. The first kappa shape index (κ1) is 17.8. The average Bonchev–Trinajstić information content (AvgIpc) is 3.11. The van der Waals surface area contributed by atoms with Gasteiger partial charge in [0.1, 0.15) is 11.2 Å². The monoisotopic (exact) mass is 503 g/mol. The quantitative estimate of drug-likeness (QED) is 0.531. The first-order valence-corrected chi connectivity index (χ1v) is 9.74. The molecular formula is C19H17BrF4N6O. The first-order chi connectivity index (χ1) is 15.8. The molecular weight excluding hydrogens is 484 g/mol. The summed E-state index contributed by atoms with van der Waals surface area (Å²) in [6, 6.07) is 4.66. The molecule has 0 saturated carbocycles. The maximum absolute atomic E-state index is 13.7. The molecule has 2 aromatic heterocycles. The van der Waals surface area contributed by atoms with Gasteiger partial charge < -0.3 is 15.5 Å². The second kappa shape index (κ2) is 7.66. The molecule has 7 nitrogen and oxygen atoms in total. The molecule has 2 amide bonds. The number of rotatable bonds is 4. The van der Waals surface area contributed by atoms with Crippen LogP contribution in [0.5, 0.6) is 0 Å². The summed E-state index contributed by atoms with van der Waals surface area (Å²) >= 11 is 3.30.